The fourth-order valence-electron chi connectivity index (χ4n) is 3.78. The molecule has 0 spiro atoms. The predicted molar refractivity (Wildman–Crippen MR) is 128 cm³/mol. The van der Waals surface area contributed by atoms with Crippen molar-refractivity contribution in [2.24, 2.45) is 10.2 Å². The van der Waals surface area contributed by atoms with Crippen LogP contribution in [0.1, 0.15) is 20.7 Å². The molecule has 34 heavy (non-hydrogen) atoms. The lowest BCUT2D eigenvalue weighted by Crippen LogP contribution is -2.37. The zero-order valence-electron chi connectivity index (χ0n) is 18.0. The van der Waals surface area contributed by atoms with E-state index < -0.39 is 21.8 Å². The van der Waals surface area contributed by atoms with Crippen LogP contribution < -0.4 is 4.72 Å². The molecule has 0 saturated heterocycles. The van der Waals surface area contributed by atoms with Gasteiger partial charge in [0.2, 0.25) is 0 Å². The molecule has 168 valence electrons. The number of sulfonamides is 1. The average Bonchev–Trinajstić information content (AvgIpc) is 2.85. The van der Waals surface area contributed by atoms with Gasteiger partial charge < -0.3 is 0 Å². The van der Waals surface area contributed by atoms with Gasteiger partial charge in [0.25, 0.3) is 21.8 Å². The first kappa shape index (κ1) is 21.5. The minimum atomic E-state index is -4.01. The fourth-order valence-corrected chi connectivity index (χ4v) is 4.90. The number of amides is 2. The van der Waals surface area contributed by atoms with Gasteiger partial charge in [0, 0.05) is 29.2 Å². The minimum absolute atomic E-state index is 0.0731. The number of hydrogen-bond donors (Lipinski definition) is 1. The topological polar surface area (TPSA) is 108 Å². The average molecular weight is 471 g/mol. The van der Waals surface area contributed by atoms with Gasteiger partial charge in [-0.05, 0) is 60.0 Å². The third kappa shape index (κ3) is 3.82. The van der Waals surface area contributed by atoms with Crippen LogP contribution in [0, 0.1) is 0 Å². The van der Waals surface area contributed by atoms with Crippen LogP contribution in [0.4, 0.5) is 17.1 Å². The van der Waals surface area contributed by atoms with Crippen molar-refractivity contribution >= 4 is 49.7 Å². The second kappa shape index (κ2) is 8.20. The quantitative estimate of drug-likeness (QED) is 0.316. The summed E-state index contributed by atoms with van der Waals surface area (Å²) in [6, 6.07) is 23.4. The highest BCUT2D eigenvalue weighted by Gasteiger charge is 2.31. The van der Waals surface area contributed by atoms with Crippen LogP contribution in [0.15, 0.2) is 100 Å². The summed E-state index contributed by atoms with van der Waals surface area (Å²) in [5, 5.41) is 9.24. The van der Waals surface area contributed by atoms with Crippen LogP contribution in [0.25, 0.3) is 10.8 Å². The van der Waals surface area contributed by atoms with Gasteiger partial charge in [-0.3, -0.25) is 19.2 Å². The van der Waals surface area contributed by atoms with Crippen LogP contribution in [0.2, 0.25) is 0 Å². The van der Waals surface area contributed by atoms with Gasteiger partial charge in [-0.2, -0.15) is 10.2 Å². The number of benzene rings is 4. The lowest BCUT2D eigenvalue weighted by atomic mass is 9.94. The third-order valence-corrected chi connectivity index (χ3v) is 6.85. The van der Waals surface area contributed by atoms with Gasteiger partial charge in [0.05, 0.1) is 16.3 Å². The summed E-state index contributed by atoms with van der Waals surface area (Å²) in [4.78, 5) is 26.1. The molecule has 4 aromatic carbocycles. The summed E-state index contributed by atoms with van der Waals surface area (Å²) in [6.45, 7) is 0. The number of anilines is 1. The van der Waals surface area contributed by atoms with E-state index in [2.05, 4.69) is 15.0 Å². The number of azo groups is 1. The van der Waals surface area contributed by atoms with E-state index in [1.165, 1.54) is 19.2 Å². The van der Waals surface area contributed by atoms with E-state index in [1.807, 2.05) is 30.3 Å². The van der Waals surface area contributed by atoms with E-state index in [0.717, 1.165) is 4.90 Å². The molecule has 4 aromatic rings. The largest absolute Gasteiger partial charge is 0.280 e. The Labute approximate surface area is 195 Å². The molecular weight excluding hydrogens is 452 g/mol. The normalized spacial score (nSPS) is 13.6. The number of carbonyl (C=O) groups excluding carboxylic acids is 2. The van der Waals surface area contributed by atoms with Crippen LogP contribution in [0.3, 0.4) is 0 Å². The molecule has 0 aliphatic carbocycles. The number of hydrogen-bond acceptors (Lipinski definition) is 6. The molecule has 5 rings (SSSR count). The Morgan fingerprint density at radius 3 is 2.09 bits per heavy atom. The van der Waals surface area contributed by atoms with Crippen molar-refractivity contribution in [3.05, 3.63) is 96.1 Å². The molecule has 1 heterocycles. The Kier molecular flexibility index (Phi) is 5.18. The van der Waals surface area contributed by atoms with Crippen molar-refractivity contribution in [3.8, 4) is 0 Å². The first-order chi connectivity index (χ1) is 16.3. The van der Waals surface area contributed by atoms with E-state index in [9.17, 15) is 18.0 Å². The van der Waals surface area contributed by atoms with Gasteiger partial charge >= 0.3 is 0 Å². The molecule has 0 radical (unpaired) electrons. The molecule has 0 fully saturated rings. The zero-order chi connectivity index (χ0) is 23.9. The maximum Gasteiger partial charge on any atom is 0.261 e. The number of imide groups is 1. The standard InChI is InChI=1S/C25H18N4O4S/c1-29-24(30)21-9-5-6-16-14-20(15-22(23(16)21)25(29)31)34(32,33)28-19-12-10-18(11-13-19)27-26-17-7-3-2-4-8-17/h2-15,28H,1H3. The molecule has 8 nitrogen and oxygen atoms in total. The number of nitrogens with zero attached hydrogens (tertiary/aromatic N) is 3. The van der Waals surface area contributed by atoms with Crippen molar-refractivity contribution in [3.63, 3.8) is 0 Å². The molecule has 0 aromatic heterocycles. The molecule has 9 heteroatoms. The monoisotopic (exact) mass is 470 g/mol. The first-order valence-corrected chi connectivity index (χ1v) is 11.8. The maximum atomic E-state index is 13.1. The molecular formula is C25H18N4O4S. The number of rotatable bonds is 5. The highest BCUT2D eigenvalue weighted by atomic mass is 32.2. The summed E-state index contributed by atoms with van der Waals surface area (Å²) in [5.41, 5.74) is 2.14. The van der Waals surface area contributed by atoms with E-state index in [4.69, 9.17) is 0 Å². The Morgan fingerprint density at radius 2 is 1.38 bits per heavy atom. The van der Waals surface area contributed by atoms with Gasteiger partial charge in [-0.15, -0.1) is 0 Å². The van der Waals surface area contributed by atoms with Crippen LogP contribution in [-0.4, -0.2) is 32.2 Å². The van der Waals surface area contributed by atoms with E-state index in [-0.39, 0.29) is 10.5 Å². The Morgan fingerprint density at radius 1 is 0.735 bits per heavy atom. The Bertz CT molecular complexity index is 1580. The molecule has 1 aliphatic rings. The van der Waals surface area contributed by atoms with Gasteiger partial charge in [0.1, 0.15) is 0 Å². The Balaban J connectivity index is 1.45. The zero-order valence-corrected chi connectivity index (χ0v) is 18.8. The third-order valence-electron chi connectivity index (χ3n) is 5.49. The summed E-state index contributed by atoms with van der Waals surface area (Å²) in [5.74, 6) is -0.958. The Hall–Kier alpha value is -4.37. The summed E-state index contributed by atoms with van der Waals surface area (Å²) >= 11 is 0. The highest BCUT2D eigenvalue weighted by molar-refractivity contribution is 7.92. The molecule has 0 saturated carbocycles. The second-order valence-electron chi connectivity index (χ2n) is 7.73. The lowest BCUT2D eigenvalue weighted by molar-refractivity contribution is 0.0650. The van der Waals surface area contributed by atoms with Gasteiger partial charge in [0.15, 0.2) is 0 Å². The smallest absolute Gasteiger partial charge is 0.261 e. The fraction of sp³-hybridized carbons (Fsp3) is 0.0400. The van der Waals surface area contributed by atoms with Crippen molar-refractivity contribution in [2.45, 2.75) is 4.90 Å². The van der Waals surface area contributed by atoms with Gasteiger partial charge in [-0.1, -0.05) is 30.3 Å². The van der Waals surface area contributed by atoms with E-state index >= 15 is 0 Å². The maximum absolute atomic E-state index is 13.1. The first-order valence-electron chi connectivity index (χ1n) is 10.3. The number of nitrogens with one attached hydrogen (secondary N) is 1. The van der Waals surface area contributed by atoms with Gasteiger partial charge in [-0.25, -0.2) is 8.42 Å². The van der Waals surface area contributed by atoms with E-state index in [0.29, 0.717) is 33.4 Å². The second-order valence-corrected chi connectivity index (χ2v) is 9.41. The van der Waals surface area contributed by atoms with E-state index in [1.54, 1.807) is 42.5 Å². The van der Waals surface area contributed by atoms with Crippen molar-refractivity contribution in [1.82, 2.24) is 4.90 Å². The lowest BCUT2D eigenvalue weighted by Gasteiger charge is -2.24. The SMILES string of the molecule is CN1C(=O)c2cccc3cc(S(=O)(=O)Nc4ccc(N=Nc5ccccc5)cc4)cc(c23)C1=O. The number of carbonyl (C=O) groups is 2. The molecule has 1 aliphatic heterocycles. The molecule has 0 unspecified atom stereocenters. The summed E-state index contributed by atoms with van der Waals surface area (Å²) < 4.78 is 28.8. The predicted octanol–water partition coefficient (Wildman–Crippen LogP) is 5.28. The van der Waals surface area contributed by atoms with Crippen LogP contribution in [-0.2, 0) is 10.0 Å². The molecule has 2 amide bonds. The van der Waals surface area contributed by atoms with Crippen LogP contribution in [0.5, 0.6) is 0 Å². The van der Waals surface area contributed by atoms with Crippen molar-refractivity contribution in [2.75, 3.05) is 11.8 Å². The molecule has 0 bridgehead atoms. The van der Waals surface area contributed by atoms with Crippen LogP contribution >= 0.6 is 0 Å². The summed E-state index contributed by atoms with van der Waals surface area (Å²) in [6.07, 6.45) is 0. The van der Waals surface area contributed by atoms with Crippen molar-refractivity contribution in [1.29, 1.82) is 0 Å². The minimum Gasteiger partial charge on any atom is -0.280 e. The summed E-state index contributed by atoms with van der Waals surface area (Å²) in [7, 11) is -2.63. The molecule has 1 N–H and O–H groups in total. The van der Waals surface area contributed by atoms with Crippen molar-refractivity contribution < 1.29 is 18.0 Å². The highest BCUT2D eigenvalue weighted by Crippen LogP contribution is 2.32. The molecule has 0 atom stereocenters.